The Morgan fingerprint density at radius 2 is 1.72 bits per heavy atom. The Balaban J connectivity index is 1.80. The number of hydrogen-bond acceptors (Lipinski definition) is 4. The third-order valence-electron chi connectivity index (χ3n) is 3.63. The Hall–Kier alpha value is -2.89. The van der Waals surface area contributed by atoms with Gasteiger partial charge in [0.2, 0.25) is 0 Å². The fourth-order valence-electron chi connectivity index (χ4n) is 2.28. The van der Waals surface area contributed by atoms with Crippen molar-refractivity contribution in [3.63, 3.8) is 0 Å². The van der Waals surface area contributed by atoms with E-state index in [0.717, 1.165) is 16.9 Å². The van der Waals surface area contributed by atoms with Crippen molar-refractivity contribution >= 4 is 11.7 Å². The van der Waals surface area contributed by atoms with E-state index in [1.54, 1.807) is 32.4 Å². The third-order valence-corrected chi connectivity index (χ3v) is 3.63. The number of carbonyl (C=O) groups excluding carboxylic acids is 1. The SMILES string of the molecule is COc1ccc(NC(=O)NCCOc2cc(C)ccc2C)cc1OC. The largest absolute Gasteiger partial charge is 0.493 e. The molecule has 0 atom stereocenters. The zero-order chi connectivity index (χ0) is 18.2. The van der Waals surface area contributed by atoms with Gasteiger partial charge in [-0.2, -0.15) is 0 Å². The molecule has 25 heavy (non-hydrogen) atoms. The Kier molecular flexibility index (Phi) is 6.51. The van der Waals surface area contributed by atoms with E-state index in [1.807, 2.05) is 32.0 Å². The zero-order valence-electron chi connectivity index (χ0n) is 15.0. The maximum absolute atomic E-state index is 11.9. The van der Waals surface area contributed by atoms with Gasteiger partial charge in [0.05, 0.1) is 20.8 Å². The predicted molar refractivity (Wildman–Crippen MR) is 98.0 cm³/mol. The van der Waals surface area contributed by atoms with Gasteiger partial charge in [0.15, 0.2) is 11.5 Å². The van der Waals surface area contributed by atoms with Crippen LogP contribution in [0.3, 0.4) is 0 Å². The summed E-state index contributed by atoms with van der Waals surface area (Å²) in [5.74, 6) is 2.00. The van der Waals surface area contributed by atoms with Gasteiger partial charge in [0.1, 0.15) is 12.4 Å². The average Bonchev–Trinajstić information content (AvgIpc) is 2.61. The van der Waals surface area contributed by atoms with Gasteiger partial charge in [0, 0.05) is 11.8 Å². The molecule has 0 aliphatic carbocycles. The van der Waals surface area contributed by atoms with Gasteiger partial charge in [-0.1, -0.05) is 12.1 Å². The quantitative estimate of drug-likeness (QED) is 0.754. The number of rotatable bonds is 7. The lowest BCUT2D eigenvalue weighted by Gasteiger charge is -2.12. The lowest BCUT2D eigenvalue weighted by atomic mass is 10.1. The van der Waals surface area contributed by atoms with Crippen molar-refractivity contribution in [2.75, 3.05) is 32.7 Å². The molecular formula is C19H24N2O4. The molecule has 2 aromatic carbocycles. The minimum atomic E-state index is -0.309. The van der Waals surface area contributed by atoms with E-state index in [2.05, 4.69) is 10.6 Å². The number of carbonyl (C=O) groups is 1. The van der Waals surface area contributed by atoms with Crippen LogP contribution >= 0.6 is 0 Å². The molecule has 2 rings (SSSR count). The molecular weight excluding hydrogens is 320 g/mol. The van der Waals surface area contributed by atoms with E-state index < -0.39 is 0 Å². The van der Waals surface area contributed by atoms with Crippen LogP contribution in [0.2, 0.25) is 0 Å². The zero-order valence-corrected chi connectivity index (χ0v) is 15.0. The molecule has 0 fully saturated rings. The number of anilines is 1. The molecule has 2 amide bonds. The van der Waals surface area contributed by atoms with Crippen molar-refractivity contribution in [2.24, 2.45) is 0 Å². The van der Waals surface area contributed by atoms with Crippen molar-refractivity contribution in [1.29, 1.82) is 0 Å². The van der Waals surface area contributed by atoms with Crippen LogP contribution in [0.4, 0.5) is 10.5 Å². The Morgan fingerprint density at radius 3 is 2.44 bits per heavy atom. The molecule has 0 heterocycles. The number of ether oxygens (including phenoxy) is 3. The van der Waals surface area contributed by atoms with E-state index in [1.165, 1.54) is 0 Å². The first-order valence-corrected chi connectivity index (χ1v) is 8.00. The molecule has 2 N–H and O–H groups in total. The highest BCUT2D eigenvalue weighted by Crippen LogP contribution is 2.29. The molecule has 0 spiro atoms. The molecule has 134 valence electrons. The second kappa shape index (κ2) is 8.82. The monoisotopic (exact) mass is 344 g/mol. The van der Waals surface area contributed by atoms with Crippen LogP contribution in [0.15, 0.2) is 36.4 Å². The molecule has 0 aliphatic heterocycles. The summed E-state index contributed by atoms with van der Waals surface area (Å²) in [4.78, 5) is 11.9. The Bertz CT molecular complexity index is 731. The lowest BCUT2D eigenvalue weighted by molar-refractivity contribution is 0.247. The van der Waals surface area contributed by atoms with Gasteiger partial charge < -0.3 is 24.8 Å². The summed E-state index contributed by atoms with van der Waals surface area (Å²) in [7, 11) is 3.11. The Morgan fingerprint density at radius 1 is 0.960 bits per heavy atom. The highest BCUT2D eigenvalue weighted by atomic mass is 16.5. The highest BCUT2D eigenvalue weighted by Gasteiger charge is 2.07. The number of urea groups is 1. The molecule has 6 nitrogen and oxygen atoms in total. The first kappa shape index (κ1) is 18.4. The average molecular weight is 344 g/mol. The second-order valence-electron chi connectivity index (χ2n) is 5.57. The summed E-state index contributed by atoms with van der Waals surface area (Å²) < 4.78 is 16.1. The van der Waals surface area contributed by atoms with Crippen molar-refractivity contribution in [3.05, 3.63) is 47.5 Å². The normalized spacial score (nSPS) is 10.1. The molecule has 2 aromatic rings. The van der Waals surface area contributed by atoms with Gasteiger partial charge in [0.25, 0.3) is 0 Å². The number of benzene rings is 2. The minimum absolute atomic E-state index is 0.309. The van der Waals surface area contributed by atoms with E-state index in [9.17, 15) is 4.79 Å². The standard InChI is InChI=1S/C19H24N2O4/c1-13-5-6-14(2)17(11-13)25-10-9-20-19(22)21-15-7-8-16(23-3)18(12-15)24-4/h5-8,11-12H,9-10H2,1-4H3,(H2,20,21,22). The van der Waals surface area contributed by atoms with Gasteiger partial charge in [-0.15, -0.1) is 0 Å². The topological polar surface area (TPSA) is 68.8 Å². The summed E-state index contributed by atoms with van der Waals surface area (Å²) in [5.41, 5.74) is 2.82. The highest BCUT2D eigenvalue weighted by molar-refractivity contribution is 5.89. The van der Waals surface area contributed by atoms with Crippen LogP contribution < -0.4 is 24.8 Å². The van der Waals surface area contributed by atoms with E-state index >= 15 is 0 Å². The van der Waals surface area contributed by atoms with Gasteiger partial charge in [-0.05, 0) is 43.2 Å². The molecule has 0 aromatic heterocycles. The molecule has 0 unspecified atom stereocenters. The molecule has 6 heteroatoms. The molecule has 0 aliphatic rings. The maximum atomic E-state index is 11.9. The Labute approximate surface area is 148 Å². The number of amides is 2. The smallest absolute Gasteiger partial charge is 0.319 e. The first-order valence-electron chi connectivity index (χ1n) is 8.00. The van der Waals surface area contributed by atoms with Crippen molar-refractivity contribution in [2.45, 2.75) is 13.8 Å². The van der Waals surface area contributed by atoms with Crippen molar-refractivity contribution in [1.82, 2.24) is 5.32 Å². The summed E-state index contributed by atoms with van der Waals surface area (Å²) in [6, 6.07) is 10.9. The van der Waals surface area contributed by atoms with E-state index in [-0.39, 0.29) is 6.03 Å². The van der Waals surface area contributed by atoms with Crippen LogP contribution in [0.1, 0.15) is 11.1 Å². The summed E-state index contributed by atoms with van der Waals surface area (Å²) >= 11 is 0. The minimum Gasteiger partial charge on any atom is -0.493 e. The summed E-state index contributed by atoms with van der Waals surface area (Å²) in [6.45, 7) is 4.79. The van der Waals surface area contributed by atoms with Crippen LogP contribution in [0.5, 0.6) is 17.2 Å². The fraction of sp³-hybridized carbons (Fsp3) is 0.316. The van der Waals surface area contributed by atoms with E-state index in [0.29, 0.717) is 30.3 Å². The van der Waals surface area contributed by atoms with Crippen LogP contribution in [-0.4, -0.2) is 33.4 Å². The third kappa shape index (κ3) is 5.31. The summed E-state index contributed by atoms with van der Waals surface area (Å²) in [6.07, 6.45) is 0. The van der Waals surface area contributed by atoms with Crippen LogP contribution in [-0.2, 0) is 0 Å². The number of methoxy groups -OCH3 is 2. The number of aryl methyl sites for hydroxylation is 2. The predicted octanol–water partition coefficient (Wildman–Crippen LogP) is 3.52. The molecule has 0 saturated heterocycles. The molecule has 0 saturated carbocycles. The number of nitrogens with one attached hydrogen (secondary N) is 2. The fourth-order valence-corrected chi connectivity index (χ4v) is 2.28. The first-order chi connectivity index (χ1) is 12.0. The van der Waals surface area contributed by atoms with Gasteiger partial charge in [-0.3, -0.25) is 0 Å². The maximum Gasteiger partial charge on any atom is 0.319 e. The van der Waals surface area contributed by atoms with Crippen molar-refractivity contribution in [3.8, 4) is 17.2 Å². The van der Waals surface area contributed by atoms with Crippen LogP contribution in [0.25, 0.3) is 0 Å². The second-order valence-corrected chi connectivity index (χ2v) is 5.57. The summed E-state index contributed by atoms with van der Waals surface area (Å²) in [5, 5.41) is 5.50. The van der Waals surface area contributed by atoms with Gasteiger partial charge in [-0.25, -0.2) is 4.79 Å². The molecule has 0 bridgehead atoms. The van der Waals surface area contributed by atoms with Crippen molar-refractivity contribution < 1.29 is 19.0 Å². The number of hydrogen-bond donors (Lipinski definition) is 2. The van der Waals surface area contributed by atoms with Crippen LogP contribution in [0, 0.1) is 13.8 Å². The lowest BCUT2D eigenvalue weighted by Crippen LogP contribution is -2.32. The van der Waals surface area contributed by atoms with E-state index in [4.69, 9.17) is 14.2 Å². The molecule has 0 radical (unpaired) electrons. The van der Waals surface area contributed by atoms with Gasteiger partial charge >= 0.3 is 6.03 Å².